The van der Waals surface area contributed by atoms with Crippen LogP contribution in [0.5, 0.6) is 11.5 Å². The lowest BCUT2D eigenvalue weighted by Gasteiger charge is -2.15. The Morgan fingerprint density at radius 3 is 2.47 bits per heavy atom. The zero-order valence-corrected chi connectivity index (χ0v) is 11.3. The second-order valence-electron chi connectivity index (χ2n) is 4.79. The number of hydrogen-bond acceptors (Lipinski definition) is 3. The first-order valence-corrected chi connectivity index (χ1v) is 6.33. The molecule has 0 aliphatic rings. The lowest BCUT2D eigenvalue weighted by atomic mass is 10.1. The molecule has 0 aromatic heterocycles. The largest absolute Gasteiger partial charge is 0.508 e. The molecule has 2 aromatic rings. The summed E-state index contributed by atoms with van der Waals surface area (Å²) in [6.07, 6.45) is 0. The monoisotopic (exact) mass is 257 g/mol. The highest BCUT2D eigenvalue weighted by Gasteiger charge is 2.08. The Balaban J connectivity index is 2.13. The number of ether oxygens (including phenoxy) is 1. The van der Waals surface area contributed by atoms with Crippen molar-refractivity contribution in [2.75, 3.05) is 0 Å². The highest BCUT2D eigenvalue weighted by atomic mass is 16.5. The van der Waals surface area contributed by atoms with Crippen LogP contribution in [0.2, 0.25) is 0 Å². The van der Waals surface area contributed by atoms with E-state index >= 15 is 0 Å². The van der Waals surface area contributed by atoms with E-state index in [-0.39, 0.29) is 11.8 Å². The Labute approximate surface area is 113 Å². The van der Waals surface area contributed by atoms with Gasteiger partial charge in [-0.25, -0.2) is 0 Å². The van der Waals surface area contributed by atoms with Gasteiger partial charge >= 0.3 is 0 Å². The molecule has 0 aliphatic carbocycles. The summed E-state index contributed by atoms with van der Waals surface area (Å²) in [5.41, 5.74) is 9.15. The average molecular weight is 257 g/mol. The Kier molecular flexibility index (Phi) is 4.07. The van der Waals surface area contributed by atoms with E-state index in [1.54, 1.807) is 12.1 Å². The summed E-state index contributed by atoms with van der Waals surface area (Å²) >= 11 is 0. The van der Waals surface area contributed by atoms with Crippen LogP contribution in [0.1, 0.15) is 29.7 Å². The third-order valence-electron chi connectivity index (χ3n) is 2.99. The molecule has 0 fully saturated rings. The van der Waals surface area contributed by atoms with Gasteiger partial charge in [0.25, 0.3) is 0 Å². The predicted molar refractivity (Wildman–Crippen MR) is 76.2 cm³/mol. The summed E-state index contributed by atoms with van der Waals surface area (Å²) in [5.74, 6) is 1.07. The predicted octanol–water partition coefficient (Wildman–Crippen LogP) is 3.30. The fourth-order valence-corrected chi connectivity index (χ4v) is 1.91. The number of aromatic hydroxyl groups is 1. The van der Waals surface area contributed by atoms with Crippen molar-refractivity contribution in [3.05, 3.63) is 59.2 Å². The molecule has 100 valence electrons. The average Bonchev–Trinajstić information content (AvgIpc) is 2.39. The second-order valence-corrected chi connectivity index (χ2v) is 4.79. The Hall–Kier alpha value is -2.00. The summed E-state index contributed by atoms with van der Waals surface area (Å²) in [7, 11) is 0. The maximum absolute atomic E-state index is 9.23. The van der Waals surface area contributed by atoms with Gasteiger partial charge in [0.05, 0.1) is 0 Å². The topological polar surface area (TPSA) is 55.5 Å². The molecular weight excluding hydrogens is 238 g/mol. The van der Waals surface area contributed by atoms with Gasteiger partial charge in [-0.1, -0.05) is 29.8 Å². The van der Waals surface area contributed by atoms with Gasteiger partial charge in [0.15, 0.2) is 0 Å². The van der Waals surface area contributed by atoms with Gasteiger partial charge in [-0.3, -0.25) is 0 Å². The van der Waals surface area contributed by atoms with E-state index in [2.05, 4.69) is 6.07 Å². The SMILES string of the molecule is Cc1ccc(OCc2ccc(O)cc2)c([C@H](C)N)c1. The molecule has 0 saturated carbocycles. The molecule has 0 unspecified atom stereocenters. The molecule has 0 aliphatic heterocycles. The summed E-state index contributed by atoms with van der Waals surface area (Å²) in [5, 5.41) is 9.23. The zero-order valence-electron chi connectivity index (χ0n) is 11.3. The van der Waals surface area contributed by atoms with Crippen LogP contribution in [0.15, 0.2) is 42.5 Å². The van der Waals surface area contributed by atoms with Crippen molar-refractivity contribution in [1.82, 2.24) is 0 Å². The van der Waals surface area contributed by atoms with Gasteiger partial charge in [0.1, 0.15) is 18.1 Å². The minimum atomic E-state index is -0.0604. The van der Waals surface area contributed by atoms with Crippen LogP contribution in [0.4, 0.5) is 0 Å². The highest BCUT2D eigenvalue weighted by molar-refractivity contribution is 5.39. The van der Waals surface area contributed by atoms with E-state index in [0.29, 0.717) is 6.61 Å². The zero-order chi connectivity index (χ0) is 13.8. The molecule has 2 rings (SSSR count). The lowest BCUT2D eigenvalue weighted by molar-refractivity contribution is 0.301. The van der Waals surface area contributed by atoms with E-state index in [1.165, 1.54) is 5.56 Å². The molecule has 3 nitrogen and oxygen atoms in total. The summed E-state index contributed by atoms with van der Waals surface area (Å²) in [4.78, 5) is 0. The maximum Gasteiger partial charge on any atom is 0.124 e. The molecule has 0 amide bonds. The molecule has 0 radical (unpaired) electrons. The van der Waals surface area contributed by atoms with Crippen LogP contribution in [0, 0.1) is 6.92 Å². The van der Waals surface area contributed by atoms with Crippen LogP contribution < -0.4 is 10.5 Å². The van der Waals surface area contributed by atoms with Gasteiger partial charge in [0.2, 0.25) is 0 Å². The fourth-order valence-electron chi connectivity index (χ4n) is 1.91. The number of nitrogens with two attached hydrogens (primary N) is 1. The smallest absolute Gasteiger partial charge is 0.124 e. The van der Waals surface area contributed by atoms with Crippen LogP contribution >= 0.6 is 0 Å². The van der Waals surface area contributed by atoms with Crippen LogP contribution in [-0.4, -0.2) is 5.11 Å². The normalized spacial score (nSPS) is 12.2. The first-order valence-electron chi connectivity index (χ1n) is 6.33. The van der Waals surface area contributed by atoms with Crippen LogP contribution in [0.3, 0.4) is 0 Å². The number of hydrogen-bond donors (Lipinski definition) is 2. The van der Waals surface area contributed by atoms with Gasteiger partial charge in [-0.15, -0.1) is 0 Å². The summed E-state index contributed by atoms with van der Waals surface area (Å²) in [6, 6.07) is 12.9. The fraction of sp³-hybridized carbons (Fsp3) is 0.250. The molecule has 1 atom stereocenters. The summed E-state index contributed by atoms with van der Waals surface area (Å²) < 4.78 is 5.82. The second kappa shape index (κ2) is 5.76. The number of phenols is 1. The molecule has 3 heteroatoms. The van der Waals surface area contributed by atoms with Crippen molar-refractivity contribution in [2.45, 2.75) is 26.5 Å². The molecular formula is C16H19NO2. The van der Waals surface area contributed by atoms with Crippen molar-refractivity contribution < 1.29 is 9.84 Å². The number of phenolic OH excluding ortho intramolecular Hbond substituents is 1. The summed E-state index contributed by atoms with van der Waals surface area (Å²) in [6.45, 7) is 4.45. The highest BCUT2D eigenvalue weighted by Crippen LogP contribution is 2.26. The Morgan fingerprint density at radius 1 is 1.16 bits per heavy atom. The van der Waals surface area contributed by atoms with E-state index < -0.39 is 0 Å². The first-order chi connectivity index (χ1) is 9.06. The number of benzene rings is 2. The van der Waals surface area contributed by atoms with Crippen LogP contribution in [0.25, 0.3) is 0 Å². The van der Waals surface area contributed by atoms with E-state index in [1.807, 2.05) is 38.1 Å². The first kappa shape index (κ1) is 13.4. The Morgan fingerprint density at radius 2 is 1.84 bits per heavy atom. The number of rotatable bonds is 4. The van der Waals surface area contributed by atoms with Crippen molar-refractivity contribution in [1.29, 1.82) is 0 Å². The van der Waals surface area contributed by atoms with Gasteiger partial charge in [-0.05, 0) is 37.6 Å². The van der Waals surface area contributed by atoms with E-state index in [9.17, 15) is 5.11 Å². The van der Waals surface area contributed by atoms with Gasteiger partial charge < -0.3 is 15.6 Å². The standard InChI is InChI=1S/C16H19NO2/c1-11-3-8-16(15(9-11)12(2)17)19-10-13-4-6-14(18)7-5-13/h3-9,12,18H,10,17H2,1-2H3/t12-/m0/s1. The van der Waals surface area contributed by atoms with Crippen molar-refractivity contribution >= 4 is 0 Å². The van der Waals surface area contributed by atoms with Crippen molar-refractivity contribution in [3.8, 4) is 11.5 Å². The molecule has 0 heterocycles. The van der Waals surface area contributed by atoms with Crippen LogP contribution in [-0.2, 0) is 6.61 Å². The molecule has 0 bridgehead atoms. The number of aryl methyl sites for hydroxylation is 1. The maximum atomic E-state index is 9.23. The van der Waals surface area contributed by atoms with Crippen molar-refractivity contribution in [2.24, 2.45) is 5.73 Å². The minimum Gasteiger partial charge on any atom is -0.508 e. The molecule has 2 aromatic carbocycles. The molecule has 19 heavy (non-hydrogen) atoms. The third-order valence-corrected chi connectivity index (χ3v) is 2.99. The van der Waals surface area contributed by atoms with E-state index in [0.717, 1.165) is 16.9 Å². The lowest BCUT2D eigenvalue weighted by Crippen LogP contribution is -2.08. The molecule has 3 N–H and O–H groups in total. The molecule has 0 spiro atoms. The minimum absolute atomic E-state index is 0.0604. The molecule has 0 saturated heterocycles. The van der Waals surface area contributed by atoms with Gasteiger partial charge in [0, 0.05) is 11.6 Å². The third kappa shape index (κ3) is 3.48. The van der Waals surface area contributed by atoms with Gasteiger partial charge in [-0.2, -0.15) is 0 Å². The van der Waals surface area contributed by atoms with E-state index in [4.69, 9.17) is 10.5 Å². The quantitative estimate of drug-likeness (QED) is 0.883. The van der Waals surface area contributed by atoms with Crippen molar-refractivity contribution in [3.63, 3.8) is 0 Å². The Bertz CT molecular complexity index is 547.